The largest absolute Gasteiger partial charge is 0.465 e. The van der Waals surface area contributed by atoms with Crippen LogP contribution in [0, 0.1) is 17.2 Å². The fourth-order valence-electron chi connectivity index (χ4n) is 3.94. The number of hydrogen-bond donors (Lipinski definition) is 2. The Hall–Kier alpha value is -3.68. The fraction of sp³-hybridized carbons (Fsp3) is 0.240. The summed E-state index contributed by atoms with van der Waals surface area (Å²) in [5.41, 5.74) is 2.19. The lowest BCUT2D eigenvalue weighted by atomic mass is 9.88. The van der Waals surface area contributed by atoms with Crippen molar-refractivity contribution < 1.29 is 22.7 Å². The van der Waals surface area contributed by atoms with Gasteiger partial charge in [-0.05, 0) is 73.2 Å². The van der Waals surface area contributed by atoms with Crippen molar-refractivity contribution in [1.82, 2.24) is 0 Å². The smallest absolute Gasteiger partial charge is 0.337 e. The van der Waals surface area contributed by atoms with E-state index >= 15 is 0 Å². The molecule has 0 spiro atoms. The van der Waals surface area contributed by atoms with Crippen molar-refractivity contribution in [2.75, 3.05) is 17.1 Å². The zero-order valence-electron chi connectivity index (χ0n) is 19.1. The lowest BCUT2D eigenvalue weighted by Crippen LogP contribution is -2.16. The van der Waals surface area contributed by atoms with Crippen LogP contribution in [-0.4, -0.2) is 27.4 Å². The highest BCUT2D eigenvalue weighted by atomic mass is 32.2. The van der Waals surface area contributed by atoms with Crippen LogP contribution in [0.15, 0.2) is 53.4 Å². The third-order valence-electron chi connectivity index (χ3n) is 5.82. The number of nitriles is 1. The number of ether oxygens (including phenoxy) is 1. The van der Waals surface area contributed by atoms with Crippen molar-refractivity contribution in [1.29, 1.82) is 5.26 Å². The molecule has 1 heterocycles. The summed E-state index contributed by atoms with van der Waals surface area (Å²) in [6.45, 7) is 2.17. The van der Waals surface area contributed by atoms with Crippen molar-refractivity contribution in [2.24, 2.45) is 5.92 Å². The van der Waals surface area contributed by atoms with Gasteiger partial charge in [0.1, 0.15) is 11.1 Å². The van der Waals surface area contributed by atoms with Crippen molar-refractivity contribution in [3.63, 3.8) is 0 Å². The van der Waals surface area contributed by atoms with Gasteiger partial charge in [-0.1, -0.05) is 13.0 Å². The Balaban J connectivity index is 1.53. The Bertz CT molecular complexity index is 1440. The van der Waals surface area contributed by atoms with E-state index in [1.54, 1.807) is 0 Å². The highest BCUT2D eigenvalue weighted by Crippen LogP contribution is 2.39. The number of amides is 1. The molecule has 35 heavy (non-hydrogen) atoms. The van der Waals surface area contributed by atoms with Gasteiger partial charge in [0.05, 0.1) is 23.1 Å². The number of rotatable bonds is 6. The quantitative estimate of drug-likeness (QED) is 0.469. The topological polar surface area (TPSA) is 125 Å². The molecule has 1 aromatic heterocycles. The van der Waals surface area contributed by atoms with Gasteiger partial charge in [-0.15, -0.1) is 11.3 Å². The van der Waals surface area contributed by atoms with Crippen molar-refractivity contribution in [3.8, 4) is 6.07 Å². The number of sulfonamides is 1. The average Bonchev–Trinajstić information content (AvgIpc) is 3.19. The van der Waals surface area contributed by atoms with Crippen LogP contribution in [-0.2, 0) is 27.6 Å². The molecule has 0 saturated carbocycles. The zero-order valence-corrected chi connectivity index (χ0v) is 20.8. The van der Waals surface area contributed by atoms with E-state index in [4.69, 9.17) is 0 Å². The van der Waals surface area contributed by atoms with Gasteiger partial charge in [0.25, 0.3) is 15.9 Å². The Labute approximate surface area is 207 Å². The Morgan fingerprint density at radius 1 is 1.14 bits per heavy atom. The molecule has 0 bridgehead atoms. The van der Waals surface area contributed by atoms with Crippen molar-refractivity contribution in [3.05, 3.63) is 75.7 Å². The summed E-state index contributed by atoms with van der Waals surface area (Å²) < 4.78 is 32.9. The van der Waals surface area contributed by atoms with Gasteiger partial charge in [0.2, 0.25) is 0 Å². The number of thiophene rings is 1. The van der Waals surface area contributed by atoms with Crippen molar-refractivity contribution in [2.45, 2.75) is 31.1 Å². The van der Waals surface area contributed by atoms with Crippen LogP contribution in [0.2, 0.25) is 0 Å². The van der Waals surface area contributed by atoms with Crippen LogP contribution in [0.5, 0.6) is 0 Å². The van der Waals surface area contributed by atoms with Gasteiger partial charge in [0, 0.05) is 16.1 Å². The van der Waals surface area contributed by atoms with E-state index in [1.165, 1.54) is 67.0 Å². The number of anilines is 2. The SMILES string of the molecule is COC(=O)c1ccc(NS(=O)(=O)c2cccc(C(=O)Nc3sc4c(c3C#N)CC[C@H](C)C4)c2)cc1. The molecule has 8 nitrogen and oxygen atoms in total. The highest BCUT2D eigenvalue weighted by Gasteiger charge is 2.25. The summed E-state index contributed by atoms with van der Waals surface area (Å²) in [6.07, 6.45) is 2.69. The molecule has 180 valence electrons. The Morgan fingerprint density at radius 3 is 2.57 bits per heavy atom. The summed E-state index contributed by atoms with van der Waals surface area (Å²) in [6, 6.07) is 13.7. The number of nitrogens with zero attached hydrogens (tertiary/aromatic N) is 1. The van der Waals surface area contributed by atoms with Crippen LogP contribution in [0.1, 0.15) is 50.1 Å². The fourth-order valence-corrected chi connectivity index (χ4v) is 6.40. The maximum Gasteiger partial charge on any atom is 0.337 e. The third-order valence-corrected chi connectivity index (χ3v) is 8.36. The van der Waals surface area contributed by atoms with E-state index in [2.05, 4.69) is 27.8 Å². The summed E-state index contributed by atoms with van der Waals surface area (Å²) in [5.74, 6) is -0.492. The molecule has 3 aromatic rings. The molecule has 0 unspecified atom stereocenters. The monoisotopic (exact) mass is 509 g/mol. The summed E-state index contributed by atoms with van der Waals surface area (Å²) in [5, 5.41) is 13.0. The third kappa shape index (κ3) is 5.21. The molecule has 1 aliphatic rings. The number of nitrogens with one attached hydrogen (secondary N) is 2. The van der Waals surface area contributed by atoms with Gasteiger partial charge in [-0.25, -0.2) is 13.2 Å². The summed E-state index contributed by atoms with van der Waals surface area (Å²) in [7, 11) is -2.74. The van der Waals surface area contributed by atoms with E-state index in [0.717, 1.165) is 29.7 Å². The number of methoxy groups -OCH3 is 1. The molecule has 0 aliphatic heterocycles. The van der Waals surface area contributed by atoms with E-state index in [-0.39, 0.29) is 21.7 Å². The molecule has 4 rings (SSSR count). The molecule has 2 N–H and O–H groups in total. The van der Waals surface area contributed by atoms with E-state index in [1.807, 2.05) is 0 Å². The average molecular weight is 510 g/mol. The summed E-state index contributed by atoms with van der Waals surface area (Å²) >= 11 is 1.41. The molecule has 1 amide bonds. The maximum atomic E-state index is 13.0. The summed E-state index contributed by atoms with van der Waals surface area (Å²) in [4.78, 5) is 25.5. The molecule has 10 heteroatoms. The first-order chi connectivity index (χ1) is 16.7. The van der Waals surface area contributed by atoms with E-state index in [0.29, 0.717) is 16.5 Å². The van der Waals surface area contributed by atoms with Gasteiger partial charge < -0.3 is 10.1 Å². The Kier molecular flexibility index (Phi) is 6.91. The van der Waals surface area contributed by atoms with E-state index < -0.39 is 21.9 Å². The standard InChI is InChI=1S/C25H23N3O5S2/c1-15-6-11-20-21(14-26)24(34-22(20)12-15)27-23(29)17-4-3-5-19(13-17)35(31,32)28-18-9-7-16(8-10-18)25(30)33-2/h3-5,7-10,13,15,28H,6,11-12H2,1-2H3,(H,27,29)/t15-/m0/s1. The number of carbonyl (C=O) groups excluding carboxylic acids is 2. The minimum Gasteiger partial charge on any atom is -0.465 e. The molecule has 2 aromatic carbocycles. The van der Waals surface area contributed by atoms with Gasteiger partial charge in [-0.2, -0.15) is 5.26 Å². The lowest BCUT2D eigenvalue weighted by Gasteiger charge is -2.17. The molecule has 0 radical (unpaired) electrons. The first kappa shape index (κ1) is 24.4. The first-order valence-electron chi connectivity index (χ1n) is 10.9. The minimum atomic E-state index is -4.00. The Morgan fingerprint density at radius 2 is 1.89 bits per heavy atom. The molecule has 0 fully saturated rings. The number of benzene rings is 2. The van der Waals surface area contributed by atoms with Gasteiger partial charge >= 0.3 is 5.97 Å². The second-order valence-electron chi connectivity index (χ2n) is 8.32. The van der Waals surface area contributed by atoms with Crippen LogP contribution in [0.4, 0.5) is 10.7 Å². The van der Waals surface area contributed by atoms with Crippen LogP contribution in [0.3, 0.4) is 0 Å². The normalized spacial score (nSPS) is 14.9. The lowest BCUT2D eigenvalue weighted by molar-refractivity contribution is 0.0600. The van der Waals surface area contributed by atoms with Gasteiger partial charge in [0.15, 0.2) is 0 Å². The number of fused-ring (bicyclic) bond motifs is 1. The predicted octanol–water partition coefficient (Wildman–Crippen LogP) is 4.58. The van der Waals surface area contributed by atoms with Crippen LogP contribution in [0.25, 0.3) is 0 Å². The first-order valence-corrected chi connectivity index (χ1v) is 13.2. The predicted molar refractivity (Wildman–Crippen MR) is 133 cm³/mol. The van der Waals surface area contributed by atoms with Crippen LogP contribution >= 0.6 is 11.3 Å². The molecular weight excluding hydrogens is 486 g/mol. The molecule has 1 atom stereocenters. The molecule has 0 saturated heterocycles. The minimum absolute atomic E-state index is 0.0954. The molecule has 1 aliphatic carbocycles. The second-order valence-corrected chi connectivity index (χ2v) is 11.1. The second kappa shape index (κ2) is 9.90. The van der Waals surface area contributed by atoms with Crippen molar-refractivity contribution >= 4 is 43.9 Å². The molecular formula is C25H23N3O5S2. The maximum absolute atomic E-state index is 13.0. The van der Waals surface area contributed by atoms with Crippen LogP contribution < -0.4 is 10.0 Å². The van der Waals surface area contributed by atoms with Gasteiger partial charge in [-0.3, -0.25) is 9.52 Å². The highest BCUT2D eigenvalue weighted by molar-refractivity contribution is 7.92. The number of esters is 1. The van der Waals surface area contributed by atoms with E-state index in [9.17, 15) is 23.3 Å². The zero-order chi connectivity index (χ0) is 25.2. The number of hydrogen-bond acceptors (Lipinski definition) is 7. The number of carbonyl (C=O) groups is 2.